The van der Waals surface area contributed by atoms with Crippen LogP contribution in [0.15, 0.2) is 0 Å². The van der Waals surface area contributed by atoms with Crippen molar-refractivity contribution in [2.24, 2.45) is 11.3 Å². The van der Waals surface area contributed by atoms with E-state index in [1.807, 2.05) is 4.90 Å². The average Bonchev–Trinajstić information content (AvgIpc) is 3.05. The minimum Gasteiger partial charge on any atom is -0.481 e. The number of hydrogen-bond donors (Lipinski definition) is 2. The topological polar surface area (TPSA) is 69.6 Å². The van der Waals surface area contributed by atoms with Gasteiger partial charge in [-0.1, -0.05) is 12.8 Å². The Hall–Kier alpha value is -1.26. The molecule has 2 N–H and O–H groups in total. The van der Waals surface area contributed by atoms with Gasteiger partial charge in [0.25, 0.3) is 0 Å². The molecule has 1 unspecified atom stereocenters. The molecule has 1 heterocycles. The number of nitrogens with zero attached hydrogens (tertiary/aromatic N) is 1. The van der Waals surface area contributed by atoms with E-state index in [2.05, 4.69) is 5.32 Å². The highest BCUT2D eigenvalue weighted by molar-refractivity contribution is 5.78. The van der Waals surface area contributed by atoms with E-state index in [0.717, 1.165) is 19.4 Å². The highest BCUT2D eigenvalue weighted by atomic mass is 16.4. The van der Waals surface area contributed by atoms with E-state index < -0.39 is 11.4 Å². The number of likely N-dealkylation sites (tertiary alicyclic amines) is 1. The summed E-state index contributed by atoms with van der Waals surface area (Å²) in [5.74, 6) is -0.234. The molecule has 2 rings (SSSR count). The number of amides is 2. The molecule has 0 aromatic rings. The van der Waals surface area contributed by atoms with Gasteiger partial charge in [0, 0.05) is 19.1 Å². The lowest BCUT2D eigenvalue weighted by Gasteiger charge is -2.30. The molecule has 2 aliphatic rings. The zero-order chi connectivity index (χ0) is 14.8. The van der Waals surface area contributed by atoms with Crippen molar-refractivity contribution >= 4 is 12.0 Å². The Morgan fingerprint density at radius 2 is 1.85 bits per heavy atom. The van der Waals surface area contributed by atoms with Crippen molar-refractivity contribution in [3.05, 3.63) is 0 Å². The summed E-state index contributed by atoms with van der Waals surface area (Å²) in [6.45, 7) is 4.25. The van der Waals surface area contributed by atoms with Gasteiger partial charge in [0.2, 0.25) is 0 Å². The van der Waals surface area contributed by atoms with Gasteiger partial charge in [-0.25, -0.2) is 4.79 Å². The molecule has 1 aliphatic carbocycles. The largest absolute Gasteiger partial charge is 0.481 e. The van der Waals surface area contributed by atoms with Crippen LogP contribution >= 0.6 is 0 Å². The van der Waals surface area contributed by atoms with E-state index in [9.17, 15) is 9.59 Å². The van der Waals surface area contributed by atoms with Crippen LogP contribution in [0, 0.1) is 11.3 Å². The van der Waals surface area contributed by atoms with Crippen LogP contribution in [0.3, 0.4) is 0 Å². The molecule has 0 aromatic carbocycles. The minimum atomic E-state index is -0.918. The van der Waals surface area contributed by atoms with Crippen LogP contribution in [0.1, 0.15) is 52.4 Å². The molecule has 5 nitrogen and oxygen atoms in total. The Bertz CT molecular complexity index is 375. The van der Waals surface area contributed by atoms with Gasteiger partial charge in [0.15, 0.2) is 0 Å². The first-order chi connectivity index (χ1) is 9.42. The van der Waals surface area contributed by atoms with Gasteiger partial charge in [-0.2, -0.15) is 0 Å². The normalized spacial score (nSPS) is 24.1. The Kier molecular flexibility index (Phi) is 4.55. The number of carboxylic acids is 1. The molecule has 5 heteroatoms. The lowest BCUT2D eigenvalue weighted by atomic mass is 9.94. The monoisotopic (exact) mass is 282 g/mol. The van der Waals surface area contributed by atoms with E-state index in [-0.39, 0.29) is 12.6 Å². The highest BCUT2D eigenvalue weighted by Gasteiger charge is 2.36. The number of aliphatic carboxylic acids is 1. The maximum absolute atomic E-state index is 12.3. The zero-order valence-corrected chi connectivity index (χ0v) is 12.5. The first-order valence-electron chi connectivity index (χ1n) is 7.70. The van der Waals surface area contributed by atoms with E-state index >= 15 is 0 Å². The molecule has 114 valence electrons. The van der Waals surface area contributed by atoms with Crippen LogP contribution in [-0.2, 0) is 4.79 Å². The van der Waals surface area contributed by atoms with Crippen LogP contribution in [0.5, 0.6) is 0 Å². The molecule has 1 aliphatic heterocycles. The first kappa shape index (κ1) is 15.1. The van der Waals surface area contributed by atoms with E-state index in [1.165, 1.54) is 25.7 Å². The quantitative estimate of drug-likeness (QED) is 0.832. The summed E-state index contributed by atoms with van der Waals surface area (Å²) in [6, 6.07) is 0.277. The number of urea groups is 1. The van der Waals surface area contributed by atoms with Crippen LogP contribution in [0.4, 0.5) is 4.79 Å². The molecule has 0 radical (unpaired) electrons. The summed E-state index contributed by atoms with van der Waals surface area (Å²) in [7, 11) is 0. The van der Waals surface area contributed by atoms with Crippen molar-refractivity contribution in [3.63, 3.8) is 0 Å². The third kappa shape index (κ3) is 3.25. The fraction of sp³-hybridized carbons (Fsp3) is 0.867. The summed E-state index contributed by atoms with van der Waals surface area (Å²) in [5.41, 5.74) is -0.918. The number of nitrogens with one attached hydrogen (secondary N) is 1. The average molecular weight is 282 g/mol. The van der Waals surface area contributed by atoms with Gasteiger partial charge in [-0.05, 0) is 45.4 Å². The minimum absolute atomic E-state index is 0.0891. The first-order valence-corrected chi connectivity index (χ1v) is 7.70. The van der Waals surface area contributed by atoms with Crippen molar-refractivity contribution in [1.29, 1.82) is 0 Å². The third-order valence-corrected chi connectivity index (χ3v) is 4.76. The number of carboxylic acid groups (broad SMARTS) is 1. The van der Waals surface area contributed by atoms with Crippen LogP contribution < -0.4 is 5.32 Å². The van der Waals surface area contributed by atoms with Gasteiger partial charge in [0.05, 0.1) is 5.41 Å². The van der Waals surface area contributed by atoms with Gasteiger partial charge < -0.3 is 15.3 Å². The van der Waals surface area contributed by atoms with E-state index in [4.69, 9.17) is 5.11 Å². The molecular weight excluding hydrogens is 256 g/mol. The SMILES string of the molecule is CC(C)(CNC(=O)N1CCCC1C1CCCC1)C(=O)O. The van der Waals surface area contributed by atoms with Crippen molar-refractivity contribution in [3.8, 4) is 0 Å². The van der Waals surface area contributed by atoms with E-state index in [1.54, 1.807) is 13.8 Å². The number of carbonyl (C=O) groups is 2. The standard InChI is InChI=1S/C15H26N2O3/c1-15(2,13(18)19)10-16-14(20)17-9-5-8-12(17)11-6-3-4-7-11/h11-12H,3-10H2,1-2H3,(H,16,20)(H,18,19). The zero-order valence-electron chi connectivity index (χ0n) is 12.5. The summed E-state index contributed by atoms with van der Waals surface area (Å²) < 4.78 is 0. The number of rotatable bonds is 4. The Morgan fingerprint density at radius 1 is 1.20 bits per heavy atom. The molecule has 1 saturated heterocycles. The maximum Gasteiger partial charge on any atom is 0.317 e. The molecule has 1 atom stereocenters. The van der Waals surface area contributed by atoms with Crippen molar-refractivity contribution in [1.82, 2.24) is 10.2 Å². The lowest BCUT2D eigenvalue weighted by Crippen LogP contribution is -2.48. The smallest absolute Gasteiger partial charge is 0.317 e. The van der Waals surface area contributed by atoms with Crippen molar-refractivity contribution in [2.75, 3.05) is 13.1 Å². The third-order valence-electron chi connectivity index (χ3n) is 4.76. The molecule has 2 fully saturated rings. The summed E-state index contributed by atoms with van der Waals surface area (Å²) in [5, 5.41) is 11.9. The summed E-state index contributed by atoms with van der Waals surface area (Å²) in [6.07, 6.45) is 7.19. The number of hydrogen-bond acceptors (Lipinski definition) is 2. The lowest BCUT2D eigenvalue weighted by molar-refractivity contribution is -0.146. The van der Waals surface area contributed by atoms with Gasteiger partial charge in [-0.3, -0.25) is 4.79 Å². The van der Waals surface area contributed by atoms with E-state index in [0.29, 0.717) is 12.0 Å². The molecular formula is C15H26N2O3. The summed E-state index contributed by atoms with van der Waals surface area (Å²) >= 11 is 0. The van der Waals surface area contributed by atoms with Crippen LogP contribution in [0.25, 0.3) is 0 Å². The molecule has 20 heavy (non-hydrogen) atoms. The molecule has 0 aromatic heterocycles. The Labute approximate surface area is 120 Å². The number of carbonyl (C=O) groups excluding carboxylic acids is 1. The van der Waals surface area contributed by atoms with Crippen molar-refractivity contribution in [2.45, 2.75) is 58.4 Å². The second-order valence-electron chi connectivity index (χ2n) is 6.80. The predicted octanol–water partition coefficient (Wildman–Crippen LogP) is 2.46. The highest BCUT2D eigenvalue weighted by Crippen LogP contribution is 2.35. The molecule has 1 saturated carbocycles. The van der Waals surface area contributed by atoms with Gasteiger partial charge in [-0.15, -0.1) is 0 Å². The van der Waals surface area contributed by atoms with Crippen LogP contribution in [0.2, 0.25) is 0 Å². The Morgan fingerprint density at radius 3 is 2.45 bits per heavy atom. The fourth-order valence-corrected chi connectivity index (χ4v) is 3.35. The maximum atomic E-state index is 12.3. The molecule has 0 spiro atoms. The summed E-state index contributed by atoms with van der Waals surface area (Å²) in [4.78, 5) is 25.3. The van der Waals surface area contributed by atoms with Crippen molar-refractivity contribution < 1.29 is 14.7 Å². The molecule has 2 amide bonds. The van der Waals surface area contributed by atoms with Gasteiger partial charge in [0.1, 0.15) is 0 Å². The second kappa shape index (κ2) is 6.02. The van der Waals surface area contributed by atoms with Crippen LogP contribution in [-0.4, -0.2) is 41.1 Å². The van der Waals surface area contributed by atoms with Gasteiger partial charge >= 0.3 is 12.0 Å². The Balaban J connectivity index is 1.89. The second-order valence-corrected chi connectivity index (χ2v) is 6.80. The predicted molar refractivity (Wildman–Crippen MR) is 76.5 cm³/mol. The molecule has 0 bridgehead atoms. The fourth-order valence-electron chi connectivity index (χ4n) is 3.35.